The first kappa shape index (κ1) is 67.7. The number of phosphoric acid groups is 1. The largest absolute Gasteiger partial charge is 0.472 e. The molecule has 2 unspecified atom stereocenters. The molecule has 0 aliphatic rings. The van der Waals surface area contributed by atoms with Gasteiger partial charge in [-0.2, -0.15) is 0 Å². The van der Waals surface area contributed by atoms with Gasteiger partial charge in [0.15, 0.2) is 6.10 Å². The molecular formula is C60H110NO8P. The molecule has 0 saturated heterocycles. The van der Waals surface area contributed by atoms with E-state index >= 15 is 0 Å². The summed E-state index contributed by atoms with van der Waals surface area (Å²) < 4.78 is 33.0. The van der Waals surface area contributed by atoms with E-state index in [9.17, 15) is 19.0 Å². The monoisotopic (exact) mass is 1000 g/mol. The minimum Gasteiger partial charge on any atom is -0.462 e. The summed E-state index contributed by atoms with van der Waals surface area (Å²) in [5, 5.41) is 0. The maximum atomic E-state index is 12.7. The molecule has 2 atom stereocenters. The Labute approximate surface area is 431 Å². The molecular weight excluding hydrogens is 894 g/mol. The number of ether oxygens (including phenoxy) is 2. The van der Waals surface area contributed by atoms with Gasteiger partial charge in [-0.1, -0.05) is 248 Å². The van der Waals surface area contributed by atoms with Gasteiger partial charge in [0, 0.05) is 19.4 Å². The van der Waals surface area contributed by atoms with E-state index in [0.717, 1.165) is 77.0 Å². The number of hydrogen-bond acceptors (Lipinski definition) is 8. The van der Waals surface area contributed by atoms with Crippen molar-refractivity contribution >= 4 is 19.8 Å². The summed E-state index contributed by atoms with van der Waals surface area (Å²) in [6.45, 7) is 3.65. The van der Waals surface area contributed by atoms with Crippen molar-refractivity contribution in [1.29, 1.82) is 0 Å². The molecule has 0 saturated carbocycles. The molecule has 408 valence electrons. The third-order valence-corrected chi connectivity index (χ3v) is 13.6. The second-order valence-corrected chi connectivity index (χ2v) is 20.9. The molecule has 3 N–H and O–H groups in total. The molecule has 0 amide bonds. The zero-order valence-corrected chi connectivity index (χ0v) is 46.4. The molecule has 9 nitrogen and oxygen atoms in total. The normalized spacial score (nSPS) is 13.5. The highest BCUT2D eigenvalue weighted by Crippen LogP contribution is 2.43. The number of hydrogen-bond donors (Lipinski definition) is 2. The third-order valence-electron chi connectivity index (χ3n) is 12.6. The number of allylic oxidation sites excluding steroid dienone is 10. The van der Waals surface area contributed by atoms with E-state index in [-0.39, 0.29) is 38.6 Å². The minimum atomic E-state index is -4.39. The number of rotatable bonds is 55. The summed E-state index contributed by atoms with van der Waals surface area (Å²) in [6.07, 6.45) is 70.0. The molecule has 0 fully saturated rings. The molecule has 0 aliphatic heterocycles. The van der Waals surface area contributed by atoms with Gasteiger partial charge in [0.25, 0.3) is 0 Å². The van der Waals surface area contributed by atoms with Crippen LogP contribution >= 0.6 is 7.82 Å². The van der Waals surface area contributed by atoms with Crippen molar-refractivity contribution in [3.63, 3.8) is 0 Å². The number of phosphoric ester groups is 1. The van der Waals surface area contributed by atoms with Gasteiger partial charge in [-0.15, -0.1) is 0 Å². The van der Waals surface area contributed by atoms with Crippen molar-refractivity contribution < 1.29 is 37.6 Å². The van der Waals surface area contributed by atoms with Crippen molar-refractivity contribution in [2.45, 2.75) is 283 Å². The summed E-state index contributed by atoms with van der Waals surface area (Å²) in [6, 6.07) is 0. The Kier molecular flexibility index (Phi) is 54.2. The van der Waals surface area contributed by atoms with Crippen LogP contribution < -0.4 is 5.73 Å². The highest BCUT2D eigenvalue weighted by Gasteiger charge is 2.26. The number of carbonyl (C=O) groups excluding carboxylic acids is 2. The van der Waals surface area contributed by atoms with E-state index in [1.54, 1.807) is 0 Å². The van der Waals surface area contributed by atoms with Crippen LogP contribution in [0.4, 0.5) is 0 Å². The van der Waals surface area contributed by atoms with Crippen LogP contribution in [-0.2, 0) is 32.7 Å². The van der Waals surface area contributed by atoms with E-state index < -0.39 is 26.5 Å². The highest BCUT2D eigenvalue weighted by molar-refractivity contribution is 7.47. The first-order valence-electron chi connectivity index (χ1n) is 29.3. The van der Waals surface area contributed by atoms with Gasteiger partial charge < -0.3 is 20.1 Å². The van der Waals surface area contributed by atoms with Crippen LogP contribution in [0.15, 0.2) is 60.8 Å². The van der Waals surface area contributed by atoms with E-state index in [1.807, 2.05) is 0 Å². The van der Waals surface area contributed by atoms with Gasteiger partial charge in [0.1, 0.15) is 6.61 Å². The van der Waals surface area contributed by atoms with Crippen molar-refractivity contribution in [1.82, 2.24) is 0 Å². The Bertz CT molecular complexity index is 1330. The van der Waals surface area contributed by atoms with Crippen molar-refractivity contribution in [2.24, 2.45) is 5.73 Å². The summed E-state index contributed by atoms with van der Waals surface area (Å²) in [4.78, 5) is 35.1. The fraction of sp³-hybridized carbons (Fsp3) is 0.800. The first-order valence-corrected chi connectivity index (χ1v) is 30.8. The molecule has 0 aromatic rings. The zero-order chi connectivity index (χ0) is 51.0. The van der Waals surface area contributed by atoms with Gasteiger partial charge in [0.05, 0.1) is 13.2 Å². The van der Waals surface area contributed by atoms with Crippen LogP contribution in [0.5, 0.6) is 0 Å². The summed E-state index contributed by atoms with van der Waals surface area (Å²) in [5.41, 5.74) is 5.38. The topological polar surface area (TPSA) is 134 Å². The Morgan fingerprint density at radius 3 is 1.19 bits per heavy atom. The first-order chi connectivity index (χ1) is 34.3. The number of unbranched alkanes of at least 4 members (excludes halogenated alkanes) is 32. The number of esters is 2. The maximum Gasteiger partial charge on any atom is 0.472 e. The lowest BCUT2D eigenvalue weighted by Gasteiger charge is -2.19. The molecule has 10 heteroatoms. The fourth-order valence-electron chi connectivity index (χ4n) is 8.33. The Morgan fingerprint density at radius 2 is 0.786 bits per heavy atom. The van der Waals surface area contributed by atoms with E-state index in [4.69, 9.17) is 24.3 Å². The third kappa shape index (κ3) is 55.0. The van der Waals surface area contributed by atoms with Crippen molar-refractivity contribution in [3.8, 4) is 0 Å². The smallest absolute Gasteiger partial charge is 0.462 e. The van der Waals surface area contributed by atoms with Gasteiger partial charge in [0.2, 0.25) is 0 Å². The van der Waals surface area contributed by atoms with Crippen LogP contribution in [0.3, 0.4) is 0 Å². The van der Waals surface area contributed by atoms with Gasteiger partial charge in [-0.05, 0) is 77.0 Å². The van der Waals surface area contributed by atoms with Crippen molar-refractivity contribution in [2.75, 3.05) is 26.4 Å². The second kappa shape index (κ2) is 56.0. The predicted octanol–water partition coefficient (Wildman–Crippen LogP) is 18.3. The van der Waals surface area contributed by atoms with Crippen molar-refractivity contribution in [3.05, 3.63) is 60.8 Å². The molecule has 0 aromatic carbocycles. The lowest BCUT2D eigenvalue weighted by atomic mass is 10.0. The molecule has 70 heavy (non-hydrogen) atoms. The fourth-order valence-corrected chi connectivity index (χ4v) is 9.09. The summed E-state index contributed by atoms with van der Waals surface area (Å²) >= 11 is 0. The Hall–Kier alpha value is -2.29. The van der Waals surface area contributed by atoms with E-state index in [0.29, 0.717) is 6.42 Å². The molecule has 0 aromatic heterocycles. The van der Waals surface area contributed by atoms with E-state index in [1.165, 1.54) is 167 Å². The molecule has 0 bridgehead atoms. The standard InChI is InChI=1S/C60H110NO8P/c1-3-5-7-9-11-13-15-17-19-21-22-23-24-25-26-27-28-29-30-31-32-33-34-35-36-37-39-41-43-45-47-49-51-53-60(63)69-58(57-68-70(64,65)67-55-54-61)56-66-59(62)52-50-48-46-44-42-40-38-20-18-16-14-12-10-8-6-4-2/h5,7,11,13,17,19-20,22-23,38,58H,3-4,6,8-10,12,14-16,18,21,24-37,39-57,61H2,1-2H3,(H,64,65)/b7-5-,13-11-,19-17-,23-22-,38-20-. The van der Waals surface area contributed by atoms with Crippen LogP contribution in [0, 0.1) is 0 Å². The summed E-state index contributed by atoms with van der Waals surface area (Å²) in [7, 11) is -4.39. The summed E-state index contributed by atoms with van der Waals surface area (Å²) in [5.74, 6) is -0.827. The zero-order valence-electron chi connectivity index (χ0n) is 45.5. The molecule has 0 heterocycles. The van der Waals surface area contributed by atoms with Crippen LogP contribution in [0.25, 0.3) is 0 Å². The highest BCUT2D eigenvalue weighted by atomic mass is 31.2. The number of nitrogens with two attached hydrogens (primary N) is 1. The maximum absolute atomic E-state index is 12.7. The molecule has 0 rings (SSSR count). The quantitative estimate of drug-likeness (QED) is 0.0264. The van der Waals surface area contributed by atoms with Gasteiger partial charge >= 0.3 is 19.8 Å². The number of carbonyl (C=O) groups is 2. The molecule has 0 aliphatic carbocycles. The Morgan fingerprint density at radius 1 is 0.443 bits per heavy atom. The average molecular weight is 1000 g/mol. The molecule has 0 radical (unpaired) electrons. The Balaban J connectivity index is 3.87. The lowest BCUT2D eigenvalue weighted by Crippen LogP contribution is -2.29. The average Bonchev–Trinajstić information content (AvgIpc) is 3.35. The molecule has 0 spiro atoms. The van der Waals surface area contributed by atoms with Gasteiger partial charge in [-0.3, -0.25) is 18.6 Å². The second-order valence-electron chi connectivity index (χ2n) is 19.5. The SMILES string of the molecule is CC/C=C\C/C=C\C/C=C\C/C=C\CCCCCCCCCCCCCCCCCCCCCCC(=O)OC(COC(=O)CCCCCCC/C=C\CCCCCCCCC)COP(=O)(O)OCCN. The van der Waals surface area contributed by atoms with Gasteiger partial charge in [-0.25, -0.2) is 4.57 Å². The van der Waals surface area contributed by atoms with Crippen LogP contribution in [-0.4, -0.2) is 49.3 Å². The lowest BCUT2D eigenvalue weighted by molar-refractivity contribution is -0.161. The van der Waals surface area contributed by atoms with Crippen LogP contribution in [0.1, 0.15) is 277 Å². The van der Waals surface area contributed by atoms with Crippen LogP contribution in [0.2, 0.25) is 0 Å². The van der Waals surface area contributed by atoms with E-state index in [2.05, 4.69) is 74.6 Å². The minimum absolute atomic E-state index is 0.0526. The predicted molar refractivity (Wildman–Crippen MR) is 298 cm³/mol.